The molecule has 0 saturated carbocycles. The first-order valence-corrected chi connectivity index (χ1v) is 9.23. The average Bonchev–Trinajstić information content (AvgIpc) is 2.47. The number of amides is 1. The highest BCUT2D eigenvalue weighted by atomic mass is 35.5. The standard InChI is InChI=1S/C19H27ClN2O/c1-13(2)12-22-15-6-5-7-16(22)11-14(10-15)21-19(23)17-8-3-4-9-18(17)20/h3-4,8-9,13-16H,5-7,10-12H2,1-2H3,(H,21,23). The number of nitrogens with one attached hydrogen (secondary N) is 1. The molecule has 1 amide bonds. The molecule has 2 saturated heterocycles. The van der Waals surface area contributed by atoms with Crippen molar-refractivity contribution in [1.82, 2.24) is 10.2 Å². The molecule has 2 bridgehead atoms. The van der Waals surface area contributed by atoms with Gasteiger partial charge in [0.1, 0.15) is 0 Å². The minimum Gasteiger partial charge on any atom is -0.349 e. The minimum atomic E-state index is -0.0315. The Morgan fingerprint density at radius 2 is 1.91 bits per heavy atom. The number of fused-ring (bicyclic) bond motifs is 2. The molecule has 0 aromatic heterocycles. The lowest BCUT2D eigenvalue weighted by molar-refractivity contribution is 0.0158. The third-order valence-electron chi connectivity index (χ3n) is 5.16. The molecule has 2 atom stereocenters. The molecule has 4 heteroatoms. The lowest BCUT2D eigenvalue weighted by atomic mass is 9.81. The maximum atomic E-state index is 12.5. The highest BCUT2D eigenvalue weighted by molar-refractivity contribution is 6.33. The van der Waals surface area contributed by atoms with Gasteiger partial charge in [0.05, 0.1) is 10.6 Å². The molecular weight excluding hydrogens is 308 g/mol. The van der Waals surface area contributed by atoms with Crippen LogP contribution in [0.4, 0.5) is 0 Å². The summed E-state index contributed by atoms with van der Waals surface area (Å²) in [4.78, 5) is 15.2. The van der Waals surface area contributed by atoms with E-state index in [0.717, 1.165) is 12.8 Å². The van der Waals surface area contributed by atoms with Crippen LogP contribution in [0.1, 0.15) is 56.3 Å². The topological polar surface area (TPSA) is 32.3 Å². The lowest BCUT2D eigenvalue weighted by Gasteiger charge is -2.49. The lowest BCUT2D eigenvalue weighted by Crippen LogP contribution is -2.57. The van der Waals surface area contributed by atoms with Crippen molar-refractivity contribution < 1.29 is 4.79 Å². The molecule has 23 heavy (non-hydrogen) atoms. The van der Waals surface area contributed by atoms with Crippen molar-refractivity contribution in [2.24, 2.45) is 5.92 Å². The predicted molar refractivity (Wildman–Crippen MR) is 94.9 cm³/mol. The molecule has 3 rings (SSSR count). The summed E-state index contributed by atoms with van der Waals surface area (Å²) in [6, 6.07) is 8.82. The molecule has 2 heterocycles. The van der Waals surface area contributed by atoms with Gasteiger partial charge in [0.2, 0.25) is 0 Å². The van der Waals surface area contributed by atoms with Crippen molar-refractivity contribution in [2.75, 3.05) is 6.54 Å². The predicted octanol–water partition coefficient (Wildman–Crippen LogP) is 4.11. The number of piperidine rings is 2. The van der Waals surface area contributed by atoms with Crippen LogP contribution in [0.25, 0.3) is 0 Å². The highest BCUT2D eigenvalue weighted by Crippen LogP contribution is 2.34. The molecule has 2 fully saturated rings. The zero-order valence-electron chi connectivity index (χ0n) is 14.1. The van der Waals surface area contributed by atoms with E-state index < -0.39 is 0 Å². The molecular formula is C19H27ClN2O. The Labute approximate surface area is 144 Å². The second-order valence-electron chi connectivity index (χ2n) is 7.45. The van der Waals surface area contributed by atoms with Crippen LogP contribution in [0.3, 0.4) is 0 Å². The largest absolute Gasteiger partial charge is 0.349 e. The van der Waals surface area contributed by atoms with E-state index in [1.807, 2.05) is 12.1 Å². The first kappa shape index (κ1) is 16.8. The number of hydrogen-bond donors (Lipinski definition) is 1. The van der Waals surface area contributed by atoms with Gasteiger partial charge in [-0.15, -0.1) is 0 Å². The van der Waals surface area contributed by atoms with Crippen LogP contribution in [0.2, 0.25) is 5.02 Å². The Hall–Kier alpha value is -1.06. The molecule has 1 N–H and O–H groups in total. The van der Waals surface area contributed by atoms with Crippen LogP contribution < -0.4 is 5.32 Å². The van der Waals surface area contributed by atoms with E-state index in [4.69, 9.17) is 11.6 Å². The van der Waals surface area contributed by atoms with Gasteiger partial charge in [-0.25, -0.2) is 0 Å². The van der Waals surface area contributed by atoms with Gasteiger partial charge in [-0.05, 0) is 43.7 Å². The first-order chi connectivity index (χ1) is 11.0. The average molecular weight is 335 g/mol. The van der Waals surface area contributed by atoms with Crippen molar-refractivity contribution in [3.63, 3.8) is 0 Å². The number of nitrogens with zero attached hydrogens (tertiary/aromatic N) is 1. The summed E-state index contributed by atoms with van der Waals surface area (Å²) in [5.41, 5.74) is 0.587. The van der Waals surface area contributed by atoms with Gasteiger partial charge >= 0.3 is 0 Å². The molecule has 3 nitrogen and oxygen atoms in total. The molecule has 126 valence electrons. The summed E-state index contributed by atoms with van der Waals surface area (Å²) in [7, 11) is 0. The van der Waals surface area contributed by atoms with Gasteiger partial charge in [-0.2, -0.15) is 0 Å². The second-order valence-corrected chi connectivity index (χ2v) is 7.86. The number of hydrogen-bond acceptors (Lipinski definition) is 2. The summed E-state index contributed by atoms with van der Waals surface area (Å²) in [5, 5.41) is 3.76. The Balaban J connectivity index is 1.65. The third kappa shape index (κ3) is 3.89. The van der Waals surface area contributed by atoms with Gasteiger partial charge in [-0.1, -0.05) is 44.0 Å². The Morgan fingerprint density at radius 1 is 1.26 bits per heavy atom. The SMILES string of the molecule is CC(C)CN1C2CCCC1CC(NC(=O)c1ccccc1Cl)C2. The Kier molecular flexibility index (Phi) is 5.27. The number of carbonyl (C=O) groups is 1. The first-order valence-electron chi connectivity index (χ1n) is 8.85. The van der Waals surface area contributed by atoms with E-state index in [-0.39, 0.29) is 11.9 Å². The monoisotopic (exact) mass is 334 g/mol. The highest BCUT2D eigenvalue weighted by Gasteiger charge is 2.38. The summed E-state index contributed by atoms with van der Waals surface area (Å²) < 4.78 is 0. The fourth-order valence-corrected chi connectivity index (χ4v) is 4.45. The summed E-state index contributed by atoms with van der Waals surface area (Å²) in [6.07, 6.45) is 6.00. The third-order valence-corrected chi connectivity index (χ3v) is 5.49. The zero-order valence-corrected chi connectivity index (χ0v) is 14.9. The van der Waals surface area contributed by atoms with Gasteiger partial charge in [0.25, 0.3) is 5.91 Å². The maximum Gasteiger partial charge on any atom is 0.253 e. The molecule has 2 aliphatic heterocycles. The van der Waals surface area contributed by atoms with Crippen molar-refractivity contribution in [3.05, 3.63) is 34.9 Å². The molecule has 0 aliphatic carbocycles. The molecule has 2 unspecified atom stereocenters. The molecule has 0 spiro atoms. The summed E-state index contributed by atoms with van der Waals surface area (Å²) in [6.45, 7) is 5.77. The number of halogens is 1. The van der Waals surface area contributed by atoms with E-state index in [1.165, 1.54) is 25.8 Å². The van der Waals surface area contributed by atoms with Crippen LogP contribution in [0.5, 0.6) is 0 Å². The number of rotatable bonds is 4. The minimum absolute atomic E-state index is 0.0315. The fourth-order valence-electron chi connectivity index (χ4n) is 4.22. The van der Waals surface area contributed by atoms with Crippen LogP contribution in [0, 0.1) is 5.92 Å². The zero-order chi connectivity index (χ0) is 16.4. The Morgan fingerprint density at radius 3 is 2.52 bits per heavy atom. The quantitative estimate of drug-likeness (QED) is 0.898. The van der Waals surface area contributed by atoms with Crippen molar-refractivity contribution in [2.45, 2.75) is 64.1 Å². The van der Waals surface area contributed by atoms with Crippen LogP contribution >= 0.6 is 11.6 Å². The van der Waals surface area contributed by atoms with Crippen molar-refractivity contribution in [3.8, 4) is 0 Å². The van der Waals surface area contributed by atoms with Crippen molar-refractivity contribution in [1.29, 1.82) is 0 Å². The number of benzene rings is 1. The molecule has 1 aromatic carbocycles. The molecule has 0 radical (unpaired) electrons. The maximum absolute atomic E-state index is 12.5. The van der Waals surface area contributed by atoms with E-state index >= 15 is 0 Å². The van der Waals surface area contributed by atoms with E-state index in [9.17, 15) is 4.79 Å². The van der Waals surface area contributed by atoms with E-state index in [1.54, 1.807) is 12.1 Å². The summed E-state index contributed by atoms with van der Waals surface area (Å²) >= 11 is 6.14. The summed E-state index contributed by atoms with van der Waals surface area (Å²) in [5.74, 6) is 0.670. The van der Waals surface area contributed by atoms with Gasteiger partial charge in [0, 0.05) is 24.7 Å². The fraction of sp³-hybridized carbons (Fsp3) is 0.632. The normalized spacial score (nSPS) is 27.9. The van der Waals surface area contributed by atoms with Crippen LogP contribution in [-0.4, -0.2) is 35.5 Å². The second kappa shape index (κ2) is 7.23. The Bertz CT molecular complexity index is 546. The van der Waals surface area contributed by atoms with Crippen LogP contribution in [0.15, 0.2) is 24.3 Å². The van der Waals surface area contributed by atoms with Crippen LogP contribution in [-0.2, 0) is 0 Å². The van der Waals surface area contributed by atoms with Crippen molar-refractivity contribution >= 4 is 17.5 Å². The number of carbonyl (C=O) groups excluding carboxylic acids is 1. The van der Waals surface area contributed by atoms with Gasteiger partial charge in [-0.3, -0.25) is 9.69 Å². The van der Waals surface area contributed by atoms with Gasteiger partial charge < -0.3 is 5.32 Å². The molecule has 2 aliphatic rings. The van der Waals surface area contributed by atoms with E-state index in [2.05, 4.69) is 24.1 Å². The molecule has 1 aromatic rings. The van der Waals surface area contributed by atoms with E-state index in [0.29, 0.717) is 28.6 Å². The smallest absolute Gasteiger partial charge is 0.253 e. The van der Waals surface area contributed by atoms with Gasteiger partial charge in [0.15, 0.2) is 0 Å².